The van der Waals surface area contributed by atoms with Gasteiger partial charge in [-0.15, -0.1) is 0 Å². The summed E-state index contributed by atoms with van der Waals surface area (Å²) in [6.07, 6.45) is 5.51. The molecule has 0 bridgehead atoms. The zero-order chi connectivity index (χ0) is 9.98. The van der Waals surface area contributed by atoms with Crippen LogP contribution in [0.3, 0.4) is 0 Å². The van der Waals surface area contributed by atoms with Crippen molar-refractivity contribution in [2.24, 2.45) is 0 Å². The second kappa shape index (κ2) is 11.3. The summed E-state index contributed by atoms with van der Waals surface area (Å²) < 4.78 is 20.3. The normalized spacial score (nSPS) is 14.3. The van der Waals surface area contributed by atoms with Crippen LogP contribution in [0.2, 0.25) is 0 Å². The van der Waals surface area contributed by atoms with E-state index < -0.39 is 21.6 Å². The van der Waals surface area contributed by atoms with Crippen molar-refractivity contribution in [1.29, 1.82) is 0 Å². The van der Waals surface area contributed by atoms with E-state index in [0.29, 0.717) is 0 Å². The molecule has 0 radical (unpaired) electrons. The summed E-state index contributed by atoms with van der Waals surface area (Å²) in [4.78, 5) is 0. The average Bonchev–Trinajstić information content (AvgIpc) is 1.87. The van der Waals surface area contributed by atoms with Crippen molar-refractivity contribution in [1.82, 2.24) is 0 Å². The van der Waals surface area contributed by atoms with E-state index in [2.05, 4.69) is 0 Å². The zero-order valence-electron chi connectivity index (χ0n) is 8.46. The first-order valence-corrected chi connectivity index (χ1v) is 7.60. The predicted octanol–water partition coefficient (Wildman–Crippen LogP) is 1.55. The third kappa shape index (κ3) is 22.4. The van der Waals surface area contributed by atoms with Crippen LogP contribution in [0.25, 0.3) is 0 Å². The van der Waals surface area contributed by atoms with Crippen LogP contribution in [-0.4, -0.2) is 32.4 Å². The molecule has 0 aromatic carbocycles. The van der Waals surface area contributed by atoms with Crippen LogP contribution in [0, 0.1) is 0 Å². The lowest BCUT2D eigenvalue weighted by atomic mass is 10.6. The molecule has 0 rings (SSSR count). The average molecular weight is 212 g/mol. The molecular weight excluding hydrogens is 192 g/mol. The molecule has 0 N–H and O–H groups in total. The molecule has 0 amide bonds. The summed E-state index contributed by atoms with van der Waals surface area (Å²) in [6, 6.07) is 0. The van der Waals surface area contributed by atoms with Gasteiger partial charge >= 0.3 is 0 Å². The predicted molar refractivity (Wildman–Crippen MR) is 58.4 cm³/mol. The maximum Gasteiger partial charge on any atom is 0.0229 e. The van der Waals surface area contributed by atoms with E-state index in [1.165, 1.54) is 0 Å². The molecule has 2 unspecified atom stereocenters. The van der Waals surface area contributed by atoms with E-state index in [1.807, 2.05) is 13.8 Å². The van der Waals surface area contributed by atoms with Gasteiger partial charge in [-0.25, -0.2) is 0 Å². The van der Waals surface area contributed by atoms with Gasteiger partial charge in [0.2, 0.25) is 0 Å². The highest BCUT2D eigenvalue weighted by atomic mass is 32.2. The first kappa shape index (κ1) is 14.8. The summed E-state index contributed by atoms with van der Waals surface area (Å²) in [5.41, 5.74) is 0. The van der Waals surface area contributed by atoms with Gasteiger partial charge in [-0.3, -0.25) is 8.42 Å². The Hall–Kier alpha value is 0.300. The second-order valence-corrected chi connectivity index (χ2v) is 5.66. The molecule has 0 aromatic rings. The summed E-state index contributed by atoms with van der Waals surface area (Å²) in [7, 11) is -1.13. The Kier molecular flexibility index (Phi) is 13.9. The summed E-state index contributed by atoms with van der Waals surface area (Å²) in [5, 5.41) is 0. The molecule has 0 heterocycles. The summed E-state index contributed by atoms with van der Waals surface area (Å²) >= 11 is 0. The van der Waals surface area contributed by atoms with Crippen molar-refractivity contribution >= 4 is 21.6 Å². The van der Waals surface area contributed by atoms with Crippen molar-refractivity contribution in [2.45, 2.75) is 26.7 Å². The zero-order valence-corrected chi connectivity index (χ0v) is 10.1. The van der Waals surface area contributed by atoms with Gasteiger partial charge in [0, 0.05) is 45.6 Å². The number of hydrogen-bond acceptors (Lipinski definition) is 2. The van der Waals surface area contributed by atoms with Crippen LogP contribution in [-0.2, 0) is 21.6 Å². The third-order valence-corrected chi connectivity index (χ3v) is 2.95. The van der Waals surface area contributed by atoms with Crippen molar-refractivity contribution < 1.29 is 8.42 Å². The van der Waals surface area contributed by atoms with Gasteiger partial charge in [-0.1, -0.05) is 13.8 Å². The van der Waals surface area contributed by atoms with Crippen molar-refractivity contribution in [3.8, 4) is 0 Å². The van der Waals surface area contributed by atoms with Crippen LogP contribution in [0.1, 0.15) is 26.7 Å². The van der Waals surface area contributed by atoms with E-state index in [4.69, 9.17) is 0 Å². The van der Waals surface area contributed by atoms with Gasteiger partial charge in [-0.05, 0) is 12.8 Å². The van der Waals surface area contributed by atoms with E-state index in [0.717, 1.165) is 24.3 Å². The first-order chi connectivity index (χ1) is 5.54. The Bertz CT molecular complexity index is 119. The standard InChI is InChI=1S/2C4H10OS/c2*1-3-4-6(2)5/h2*3-4H2,1-2H3. The highest BCUT2D eigenvalue weighted by Gasteiger charge is 1.81. The maximum atomic E-state index is 10.2. The Morgan fingerprint density at radius 2 is 1.08 bits per heavy atom. The molecule has 0 fully saturated rings. The molecule has 0 saturated carbocycles. The molecule has 0 aliphatic carbocycles. The van der Waals surface area contributed by atoms with E-state index in [9.17, 15) is 8.42 Å². The lowest BCUT2D eigenvalue weighted by molar-refractivity contribution is 0.684. The molecule has 0 spiro atoms. The van der Waals surface area contributed by atoms with Crippen molar-refractivity contribution in [3.63, 3.8) is 0 Å². The van der Waals surface area contributed by atoms with Gasteiger partial charge in [0.05, 0.1) is 0 Å². The Labute approximate surface area is 81.0 Å². The second-order valence-electron chi connectivity index (χ2n) is 2.55. The fraction of sp³-hybridized carbons (Fsp3) is 1.00. The topological polar surface area (TPSA) is 34.1 Å². The molecular formula is C8H20O2S2. The quantitative estimate of drug-likeness (QED) is 0.708. The Morgan fingerprint density at radius 3 is 1.08 bits per heavy atom. The van der Waals surface area contributed by atoms with E-state index in [1.54, 1.807) is 12.5 Å². The smallest absolute Gasteiger partial charge is 0.0229 e. The minimum atomic E-state index is -0.566. The molecule has 76 valence electrons. The van der Waals surface area contributed by atoms with Gasteiger partial charge in [0.25, 0.3) is 0 Å². The highest BCUT2D eigenvalue weighted by Crippen LogP contribution is 1.77. The van der Waals surface area contributed by atoms with Crippen LogP contribution in [0.4, 0.5) is 0 Å². The van der Waals surface area contributed by atoms with Gasteiger partial charge in [-0.2, -0.15) is 0 Å². The monoisotopic (exact) mass is 212 g/mol. The number of rotatable bonds is 4. The molecule has 0 aliphatic heterocycles. The summed E-state index contributed by atoms with van der Waals surface area (Å²) in [6.45, 7) is 4.06. The number of hydrogen-bond donors (Lipinski definition) is 0. The third-order valence-electron chi connectivity index (χ3n) is 0.983. The lowest BCUT2D eigenvalue weighted by Gasteiger charge is -1.82. The van der Waals surface area contributed by atoms with Crippen LogP contribution < -0.4 is 0 Å². The van der Waals surface area contributed by atoms with Crippen LogP contribution in [0.15, 0.2) is 0 Å². The largest absolute Gasteiger partial charge is 0.260 e. The molecule has 12 heavy (non-hydrogen) atoms. The van der Waals surface area contributed by atoms with Crippen LogP contribution >= 0.6 is 0 Å². The first-order valence-electron chi connectivity index (χ1n) is 4.14. The highest BCUT2D eigenvalue weighted by molar-refractivity contribution is 7.84. The van der Waals surface area contributed by atoms with Crippen molar-refractivity contribution in [2.75, 3.05) is 24.0 Å². The van der Waals surface area contributed by atoms with Gasteiger partial charge < -0.3 is 0 Å². The molecule has 0 aromatic heterocycles. The van der Waals surface area contributed by atoms with Gasteiger partial charge in [0.15, 0.2) is 0 Å². The summed E-state index contributed by atoms with van der Waals surface area (Å²) in [5.74, 6) is 1.69. The lowest BCUT2D eigenvalue weighted by Crippen LogP contribution is -1.89. The van der Waals surface area contributed by atoms with E-state index in [-0.39, 0.29) is 0 Å². The molecule has 4 heteroatoms. The fourth-order valence-corrected chi connectivity index (χ4v) is 1.72. The SMILES string of the molecule is CCCS(C)=O.CCCS(C)=O. The van der Waals surface area contributed by atoms with Gasteiger partial charge in [0.1, 0.15) is 0 Å². The van der Waals surface area contributed by atoms with E-state index >= 15 is 0 Å². The molecule has 0 aliphatic rings. The maximum absolute atomic E-state index is 10.2. The minimum Gasteiger partial charge on any atom is -0.260 e. The molecule has 2 atom stereocenters. The Morgan fingerprint density at radius 1 is 0.833 bits per heavy atom. The molecule has 0 saturated heterocycles. The molecule has 2 nitrogen and oxygen atoms in total. The van der Waals surface area contributed by atoms with Crippen LogP contribution in [0.5, 0.6) is 0 Å². The Balaban J connectivity index is 0. The fourth-order valence-electron chi connectivity index (χ4n) is 0.575. The minimum absolute atomic E-state index is 0.566. The van der Waals surface area contributed by atoms with Crippen molar-refractivity contribution in [3.05, 3.63) is 0 Å².